The maximum atomic E-state index is 12.8. The number of hydrogen-bond acceptors (Lipinski definition) is 3. The number of carbonyl (C=O) groups excluding carboxylic acids is 2. The van der Waals surface area contributed by atoms with Crippen LogP contribution in [0, 0.1) is 12.8 Å². The first-order chi connectivity index (χ1) is 12.9. The lowest BCUT2D eigenvalue weighted by molar-refractivity contribution is -0.119. The smallest absolute Gasteiger partial charge is 0.408 e. The van der Waals surface area contributed by atoms with E-state index in [-0.39, 0.29) is 18.4 Å². The zero-order valence-electron chi connectivity index (χ0n) is 15.8. The van der Waals surface area contributed by atoms with Gasteiger partial charge in [0.25, 0.3) is 0 Å². The van der Waals surface area contributed by atoms with Crippen molar-refractivity contribution in [2.24, 2.45) is 5.92 Å². The molecule has 2 amide bonds. The molecule has 0 fully saturated rings. The van der Waals surface area contributed by atoms with E-state index in [9.17, 15) is 9.59 Å². The molecule has 6 heteroatoms. The minimum Gasteiger partial charge on any atom is -0.445 e. The molecule has 0 spiro atoms. The zero-order chi connectivity index (χ0) is 19.8. The number of ether oxygens (including phenoxy) is 1. The van der Waals surface area contributed by atoms with Crippen LogP contribution in [0.4, 0.5) is 10.5 Å². The predicted octanol–water partition coefficient (Wildman–Crippen LogP) is 4.93. The first-order valence-corrected chi connectivity index (χ1v) is 9.32. The highest BCUT2D eigenvalue weighted by Crippen LogP contribution is 2.21. The molecule has 2 aromatic rings. The van der Waals surface area contributed by atoms with Gasteiger partial charge in [-0.15, -0.1) is 0 Å². The average Bonchev–Trinajstić information content (AvgIpc) is 2.67. The number of halogens is 1. The third kappa shape index (κ3) is 6.29. The quantitative estimate of drug-likeness (QED) is 0.706. The van der Waals surface area contributed by atoms with Gasteiger partial charge in [-0.3, -0.25) is 4.79 Å². The van der Waals surface area contributed by atoms with Crippen LogP contribution in [-0.4, -0.2) is 18.0 Å². The minimum atomic E-state index is -0.711. The first-order valence-electron chi connectivity index (χ1n) is 8.95. The summed E-state index contributed by atoms with van der Waals surface area (Å²) in [4.78, 5) is 25.0. The van der Waals surface area contributed by atoms with Gasteiger partial charge < -0.3 is 15.4 Å². The lowest BCUT2D eigenvalue weighted by Gasteiger charge is -2.23. The average molecular weight is 389 g/mol. The maximum Gasteiger partial charge on any atom is 0.408 e. The fourth-order valence-electron chi connectivity index (χ4n) is 2.53. The van der Waals surface area contributed by atoms with E-state index in [2.05, 4.69) is 10.6 Å². The highest BCUT2D eigenvalue weighted by atomic mass is 35.5. The van der Waals surface area contributed by atoms with E-state index >= 15 is 0 Å². The number of anilines is 1. The third-order valence-corrected chi connectivity index (χ3v) is 4.67. The van der Waals surface area contributed by atoms with Crippen LogP contribution < -0.4 is 10.6 Å². The minimum absolute atomic E-state index is 0.0613. The van der Waals surface area contributed by atoms with Crippen LogP contribution in [0.3, 0.4) is 0 Å². The Kier molecular flexibility index (Phi) is 7.67. The van der Waals surface area contributed by atoms with Crippen molar-refractivity contribution in [2.45, 2.75) is 39.8 Å². The zero-order valence-corrected chi connectivity index (χ0v) is 16.5. The van der Waals surface area contributed by atoms with E-state index in [1.807, 2.05) is 57.2 Å². The molecule has 5 nitrogen and oxygen atoms in total. The summed E-state index contributed by atoms with van der Waals surface area (Å²) >= 11 is 6.01. The molecule has 2 aromatic carbocycles. The lowest BCUT2D eigenvalue weighted by atomic mass is 9.98. The number of carbonyl (C=O) groups is 2. The fraction of sp³-hybridized carbons (Fsp3) is 0.333. The van der Waals surface area contributed by atoms with E-state index in [0.29, 0.717) is 10.7 Å². The second-order valence-electron chi connectivity index (χ2n) is 6.52. The van der Waals surface area contributed by atoms with Gasteiger partial charge in [0.1, 0.15) is 12.6 Å². The SMILES string of the molecule is CC[C@H](C)[C@@H](NC(=O)OCc1ccccc1)C(=O)Nc1cc(Cl)ccc1C. The number of hydrogen-bond donors (Lipinski definition) is 2. The van der Waals surface area contributed by atoms with Crippen molar-refractivity contribution in [1.82, 2.24) is 5.32 Å². The topological polar surface area (TPSA) is 67.4 Å². The van der Waals surface area contributed by atoms with E-state index in [4.69, 9.17) is 16.3 Å². The number of alkyl carbamates (subject to hydrolysis) is 1. The summed E-state index contributed by atoms with van der Waals surface area (Å²) in [5.74, 6) is -0.361. The molecule has 0 radical (unpaired) electrons. The normalized spacial score (nSPS) is 12.7. The molecule has 0 bridgehead atoms. The molecular weight excluding hydrogens is 364 g/mol. The van der Waals surface area contributed by atoms with E-state index in [1.54, 1.807) is 12.1 Å². The Morgan fingerprint density at radius 2 is 1.85 bits per heavy atom. The van der Waals surface area contributed by atoms with Crippen molar-refractivity contribution in [3.8, 4) is 0 Å². The molecule has 2 rings (SSSR count). The van der Waals surface area contributed by atoms with Crippen LogP contribution in [0.2, 0.25) is 5.02 Å². The van der Waals surface area contributed by atoms with E-state index in [0.717, 1.165) is 17.5 Å². The molecule has 0 aliphatic rings. The Hall–Kier alpha value is -2.53. The van der Waals surface area contributed by atoms with Gasteiger partial charge in [0.05, 0.1) is 0 Å². The van der Waals surface area contributed by atoms with Crippen molar-refractivity contribution in [2.75, 3.05) is 5.32 Å². The first kappa shape index (κ1) is 20.8. The van der Waals surface area contributed by atoms with Crippen LogP contribution in [0.25, 0.3) is 0 Å². The van der Waals surface area contributed by atoms with Gasteiger partial charge in [0.15, 0.2) is 0 Å². The number of aryl methyl sites for hydroxylation is 1. The van der Waals surface area contributed by atoms with Crippen LogP contribution >= 0.6 is 11.6 Å². The van der Waals surface area contributed by atoms with Crippen molar-refractivity contribution in [3.05, 3.63) is 64.7 Å². The fourth-order valence-corrected chi connectivity index (χ4v) is 2.71. The lowest BCUT2D eigenvalue weighted by Crippen LogP contribution is -2.47. The molecule has 144 valence electrons. The summed E-state index contributed by atoms with van der Waals surface area (Å²) in [6, 6.07) is 14.0. The third-order valence-electron chi connectivity index (χ3n) is 4.44. The number of nitrogens with one attached hydrogen (secondary N) is 2. The van der Waals surface area contributed by atoms with Crippen LogP contribution in [-0.2, 0) is 16.1 Å². The van der Waals surface area contributed by atoms with Crippen molar-refractivity contribution in [1.29, 1.82) is 0 Å². The second-order valence-corrected chi connectivity index (χ2v) is 6.95. The Morgan fingerprint density at radius 1 is 1.15 bits per heavy atom. The molecule has 27 heavy (non-hydrogen) atoms. The monoisotopic (exact) mass is 388 g/mol. The summed E-state index contributed by atoms with van der Waals surface area (Å²) in [6.45, 7) is 5.90. The van der Waals surface area contributed by atoms with E-state index in [1.165, 1.54) is 0 Å². The number of benzene rings is 2. The molecule has 0 saturated heterocycles. The highest BCUT2D eigenvalue weighted by molar-refractivity contribution is 6.31. The van der Waals surface area contributed by atoms with Gasteiger partial charge in [-0.05, 0) is 36.1 Å². The van der Waals surface area contributed by atoms with Gasteiger partial charge in [-0.1, -0.05) is 68.3 Å². The summed E-state index contributed by atoms with van der Waals surface area (Å²) < 4.78 is 5.25. The Morgan fingerprint density at radius 3 is 2.52 bits per heavy atom. The molecule has 0 unspecified atom stereocenters. The van der Waals surface area contributed by atoms with Gasteiger partial charge >= 0.3 is 6.09 Å². The maximum absolute atomic E-state index is 12.8. The Bertz CT molecular complexity index is 780. The van der Waals surface area contributed by atoms with Crippen molar-refractivity contribution >= 4 is 29.3 Å². The summed E-state index contributed by atoms with van der Waals surface area (Å²) in [5, 5.41) is 6.07. The molecule has 0 saturated carbocycles. The summed E-state index contributed by atoms with van der Waals surface area (Å²) in [6.07, 6.45) is 0.105. The van der Waals surface area contributed by atoms with E-state index < -0.39 is 12.1 Å². The number of amides is 2. The largest absolute Gasteiger partial charge is 0.445 e. The summed E-state index contributed by atoms with van der Waals surface area (Å²) in [7, 11) is 0. The molecular formula is C21H25ClN2O3. The standard InChI is InChI=1S/C21H25ClN2O3/c1-4-14(2)19(20(25)23-18-12-17(22)11-10-15(18)3)24-21(26)27-13-16-8-6-5-7-9-16/h5-12,14,19H,4,13H2,1-3H3,(H,23,25)(H,24,26)/t14-,19+/m0/s1. The Balaban J connectivity index is 2.02. The van der Waals surface area contributed by atoms with Gasteiger partial charge in [0.2, 0.25) is 5.91 Å². The number of rotatable bonds is 7. The molecule has 2 N–H and O–H groups in total. The predicted molar refractivity (Wildman–Crippen MR) is 108 cm³/mol. The van der Waals surface area contributed by atoms with Gasteiger partial charge in [-0.25, -0.2) is 4.79 Å². The Labute approximate surface area is 165 Å². The van der Waals surface area contributed by atoms with Crippen molar-refractivity contribution < 1.29 is 14.3 Å². The van der Waals surface area contributed by atoms with Crippen LogP contribution in [0.15, 0.2) is 48.5 Å². The molecule has 0 aliphatic heterocycles. The van der Waals surface area contributed by atoms with Gasteiger partial charge in [0, 0.05) is 10.7 Å². The molecule has 0 heterocycles. The van der Waals surface area contributed by atoms with Crippen LogP contribution in [0.1, 0.15) is 31.4 Å². The van der Waals surface area contributed by atoms with Crippen LogP contribution in [0.5, 0.6) is 0 Å². The molecule has 0 aromatic heterocycles. The molecule has 2 atom stereocenters. The van der Waals surface area contributed by atoms with Gasteiger partial charge in [-0.2, -0.15) is 0 Å². The second kappa shape index (κ2) is 9.97. The summed E-state index contributed by atoms with van der Waals surface area (Å²) in [5.41, 5.74) is 2.40. The molecule has 0 aliphatic carbocycles. The van der Waals surface area contributed by atoms with Crippen molar-refractivity contribution in [3.63, 3.8) is 0 Å². The highest BCUT2D eigenvalue weighted by Gasteiger charge is 2.27.